The summed E-state index contributed by atoms with van der Waals surface area (Å²) >= 11 is 0. The molecular formula is C11H14BNO4. The Morgan fingerprint density at radius 3 is 2.71 bits per heavy atom. The van der Waals surface area contributed by atoms with Gasteiger partial charge in [0.05, 0.1) is 6.61 Å². The molecular weight excluding hydrogens is 221 g/mol. The second kappa shape index (κ2) is 6.19. The molecule has 0 heterocycles. The third-order valence-electron chi connectivity index (χ3n) is 2.18. The standard InChI is InChI=1S/C11H14BNO4/c1-2-3-11(15)13-9-4-5-10(12(16)17)8(6-9)7-14/h2-6,14,16-17H,7H2,1H3,(H,13,15). The number of benzene rings is 1. The number of allylic oxidation sites excluding steroid dienone is 1. The molecule has 0 aliphatic carbocycles. The highest BCUT2D eigenvalue weighted by Crippen LogP contribution is 2.09. The van der Waals surface area contributed by atoms with E-state index < -0.39 is 7.12 Å². The van der Waals surface area contributed by atoms with Gasteiger partial charge in [-0.3, -0.25) is 4.79 Å². The Morgan fingerprint density at radius 2 is 2.18 bits per heavy atom. The van der Waals surface area contributed by atoms with Gasteiger partial charge in [-0.05, 0) is 36.2 Å². The van der Waals surface area contributed by atoms with Gasteiger partial charge in [0, 0.05) is 5.69 Å². The van der Waals surface area contributed by atoms with Gasteiger partial charge in [-0.2, -0.15) is 0 Å². The molecule has 90 valence electrons. The number of nitrogens with one attached hydrogen (secondary N) is 1. The molecule has 1 amide bonds. The van der Waals surface area contributed by atoms with Gasteiger partial charge in [-0.15, -0.1) is 0 Å². The van der Waals surface area contributed by atoms with Crippen LogP contribution in [-0.2, 0) is 11.4 Å². The zero-order chi connectivity index (χ0) is 12.8. The topological polar surface area (TPSA) is 89.8 Å². The minimum atomic E-state index is -1.64. The number of aliphatic hydroxyl groups is 1. The van der Waals surface area contributed by atoms with E-state index in [4.69, 9.17) is 15.2 Å². The molecule has 0 fully saturated rings. The predicted octanol–water partition coefficient (Wildman–Crippen LogP) is -0.627. The SMILES string of the molecule is CC=CC(=O)Nc1ccc(B(O)O)c(CO)c1. The molecule has 5 nitrogen and oxygen atoms in total. The summed E-state index contributed by atoms with van der Waals surface area (Å²) in [6, 6.07) is 4.48. The highest BCUT2D eigenvalue weighted by molar-refractivity contribution is 6.59. The van der Waals surface area contributed by atoms with Crippen molar-refractivity contribution in [3.63, 3.8) is 0 Å². The number of amides is 1. The molecule has 0 saturated heterocycles. The molecule has 0 aliphatic rings. The highest BCUT2D eigenvalue weighted by atomic mass is 16.4. The van der Waals surface area contributed by atoms with E-state index in [1.807, 2.05) is 0 Å². The molecule has 0 aromatic heterocycles. The fourth-order valence-electron chi connectivity index (χ4n) is 1.41. The zero-order valence-electron chi connectivity index (χ0n) is 9.42. The highest BCUT2D eigenvalue weighted by Gasteiger charge is 2.15. The first-order chi connectivity index (χ1) is 8.08. The third kappa shape index (κ3) is 3.71. The largest absolute Gasteiger partial charge is 0.488 e. The van der Waals surface area contributed by atoms with Gasteiger partial charge in [0.25, 0.3) is 0 Å². The Hall–Kier alpha value is -1.63. The molecule has 0 unspecified atom stereocenters. The summed E-state index contributed by atoms with van der Waals surface area (Å²) in [6.07, 6.45) is 2.97. The van der Waals surface area contributed by atoms with Crippen molar-refractivity contribution in [1.82, 2.24) is 0 Å². The van der Waals surface area contributed by atoms with Crippen LogP contribution in [0.25, 0.3) is 0 Å². The minimum absolute atomic E-state index is 0.219. The Bertz CT molecular complexity index is 431. The van der Waals surface area contributed by atoms with Crippen molar-refractivity contribution in [2.45, 2.75) is 13.5 Å². The predicted molar refractivity (Wildman–Crippen MR) is 65.6 cm³/mol. The van der Waals surface area contributed by atoms with E-state index in [-0.39, 0.29) is 18.0 Å². The van der Waals surface area contributed by atoms with Crippen LogP contribution in [0.4, 0.5) is 5.69 Å². The third-order valence-corrected chi connectivity index (χ3v) is 2.18. The number of rotatable bonds is 4. The molecule has 0 radical (unpaired) electrons. The van der Waals surface area contributed by atoms with Gasteiger partial charge < -0.3 is 20.5 Å². The van der Waals surface area contributed by atoms with Crippen LogP contribution in [-0.4, -0.2) is 28.2 Å². The molecule has 0 saturated carbocycles. The summed E-state index contributed by atoms with van der Waals surface area (Å²) in [4.78, 5) is 11.3. The van der Waals surface area contributed by atoms with Crippen molar-refractivity contribution >= 4 is 24.2 Å². The first kappa shape index (κ1) is 13.4. The van der Waals surface area contributed by atoms with E-state index >= 15 is 0 Å². The number of carbonyl (C=O) groups is 1. The van der Waals surface area contributed by atoms with Gasteiger partial charge in [0.15, 0.2) is 0 Å². The molecule has 6 heteroatoms. The average molecular weight is 235 g/mol. The molecule has 0 aliphatic heterocycles. The van der Waals surface area contributed by atoms with Crippen molar-refractivity contribution in [3.05, 3.63) is 35.9 Å². The van der Waals surface area contributed by atoms with Gasteiger partial charge >= 0.3 is 7.12 Å². The van der Waals surface area contributed by atoms with E-state index in [9.17, 15) is 4.79 Å². The monoisotopic (exact) mass is 235 g/mol. The van der Waals surface area contributed by atoms with Crippen LogP contribution in [0.1, 0.15) is 12.5 Å². The Morgan fingerprint density at radius 1 is 1.47 bits per heavy atom. The van der Waals surface area contributed by atoms with Crippen LogP contribution in [0.3, 0.4) is 0 Å². The number of aliphatic hydroxyl groups excluding tert-OH is 1. The first-order valence-corrected chi connectivity index (χ1v) is 5.12. The number of carbonyl (C=O) groups excluding carboxylic acids is 1. The summed E-state index contributed by atoms with van der Waals surface area (Å²) in [5, 5.41) is 29.7. The van der Waals surface area contributed by atoms with Crippen LogP contribution < -0.4 is 10.8 Å². The Kier molecular flexibility index (Phi) is 4.90. The molecule has 1 aromatic carbocycles. The molecule has 0 atom stereocenters. The summed E-state index contributed by atoms with van der Waals surface area (Å²) in [5.41, 5.74) is 1.07. The van der Waals surface area contributed by atoms with Crippen LogP contribution in [0, 0.1) is 0 Å². The van der Waals surface area contributed by atoms with Gasteiger partial charge in [0.1, 0.15) is 0 Å². The van der Waals surface area contributed by atoms with E-state index in [1.54, 1.807) is 13.0 Å². The fraction of sp³-hybridized carbons (Fsp3) is 0.182. The van der Waals surface area contributed by atoms with E-state index in [2.05, 4.69) is 5.32 Å². The first-order valence-electron chi connectivity index (χ1n) is 5.12. The smallest absolute Gasteiger partial charge is 0.423 e. The van der Waals surface area contributed by atoms with Crippen LogP contribution >= 0.6 is 0 Å². The van der Waals surface area contributed by atoms with E-state index in [0.29, 0.717) is 11.3 Å². The molecule has 0 bridgehead atoms. The van der Waals surface area contributed by atoms with Crippen molar-refractivity contribution in [2.24, 2.45) is 0 Å². The van der Waals surface area contributed by atoms with Gasteiger partial charge in [-0.25, -0.2) is 0 Å². The van der Waals surface area contributed by atoms with Crippen molar-refractivity contribution in [1.29, 1.82) is 0 Å². The summed E-state index contributed by atoms with van der Waals surface area (Å²) in [6.45, 7) is 1.39. The lowest BCUT2D eigenvalue weighted by molar-refractivity contribution is -0.111. The Labute approximate surface area is 99.6 Å². The van der Waals surface area contributed by atoms with Crippen LogP contribution in [0.15, 0.2) is 30.4 Å². The molecule has 0 spiro atoms. The van der Waals surface area contributed by atoms with Crippen LogP contribution in [0.5, 0.6) is 0 Å². The lowest BCUT2D eigenvalue weighted by atomic mass is 9.77. The maximum atomic E-state index is 11.3. The van der Waals surface area contributed by atoms with Crippen LogP contribution in [0.2, 0.25) is 0 Å². The number of anilines is 1. The van der Waals surface area contributed by atoms with Gasteiger partial charge in [0.2, 0.25) is 5.91 Å². The molecule has 17 heavy (non-hydrogen) atoms. The average Bonchev–Trinajstić information content (AvgIpc) is 2.28. The van der Waals surface area contributed by atoms with Crippen molar-refractivity contribution < 1.29 is 19.9 Å². The number of hydrogen-bond acceptors (Lipinski definition) is 4. The lowest BCUT2D eigenvalue weighted by Gasteiger charge is -2.09. The van der Waals surface area contributed by atoms with Crippen molar-refractivity contribution in [3.8, 4) is 0 Å². The second-order valence-electron chi connectivity index (χ2n) is 3.43. The minimum Gasteiger partial charge on any atom is -0.423 e. The summed E-state index contributed by atoms with van der Waals surface area (Å²) in [7, 11) is -1.64. The maximum absolute atomic E-state index is 11.3. The van der Waals surface area contributed by atoms with E-state index in [1.165, 1.54) is 24.3 Å². The summed E-state index contributed by atoms with van der Waals surface area (Å²) < 4.78 is 0. The zero-order valence-corrected chi connectivity index (χ0v) is 9.42. The lowest BCUT2D eigenvalue weighted by Crippen LogP contribution is -2.33. The number of hydrogen-bond donors (Lipinski definition) is 4. The van der Waals surface area contributed by atoms with Gasteiger partial charge in [-0.1, -0.05) is 12.1 Å². The normalized spacial score (nSPS) is 10.6. The Balaban J connectivity index is 2.93. The quantitative estimate of drug-likeness (QED) is 0.413. The second-order valence-corrected chi connectivity index (χ2v) is 3.43. The molecule has 4 N–H and O–H groups in total. The maximum Gasteiger partial charge on any atom is 0.488 e. The van der Waals surface area contributed by atoms with E-state index in [0.717, 1.165) is 0 Å². The van der Waals surface area contributed by atoms with Crippen molar-refractivity contribution in [2.75, 3.05) is 5.32 Å². The molecule has 1 aromatic rings. The fourth-order valence-corrected chi connectivity index (χ4v) is 1.41. The molecule has 1 rings (SSSR count). The summed E-state index contributed by atoms with van der Waals surface area (Å²) in [5.74, 6) is -0.284.